The Hall–Kier alpha value is -1.47. The molecule has 0 saturated carbocycles. The normalized spacial score (nSPS) is 24.2. The van der Waals surface area contributed by atoms with Gasteiger partial charge in [0.05, 0.1) is 19.9 Å². The predicted molar refractivity (Wildman–Crippen MR) is 76.1 cm³/mol. The highest BCUT2D eigenvalue weighted by Crippen LogP contribution is 2.32. The maximum atomic E-state index is 11.6. The van der Waals surface area contributed by atoms with E-state index in [-0.39, 0.29) is 30.7 Å². The Morgan fingerprint density at radius 1 is 1.55 bits per heavy atom. The van der Waals surface area contributed by atoms with Crippen LogP contribution in [0.15, 0.2) is 17.1 Å². The van der Waals surface area contributed by atoms with E-state index in [9.17, 15) is 9.18 Å². The lowest BCUT2D eigenvalue weighted by molar-refractivity contribution is -0.0335. The lowest BCUT2D eigenvalue weighted by atomic mass is 10.1. The molecule has 3 unspecified atom stereocenters. The third-order valence-corrected chi connectivity index (χ3v) is 2.78. The van der Waals surface area contributed by atoms with Crippen molar-refractivity contribution in [3.63, 3.8) is 0 Å². The molecule has 3 N–H and O–H groups in total. The Labute approximate surface area is 118 Å². The summed E-state index contributed by atoms with van der Waals surface area (Å²) in [6.45, 7) is 5.95. The van der Waals surface area contributed by atoms with Crippen LogP contribution in [0.4, 0.5) is 10.2 Å². The highest BCUT2D eigenvalue weighted by Gasteiger charge is 2.33. The fraction of sp³-hybridized carbons (Fsp3) is 0.692. The highest BCUT2D eigenvalue weighted by atomic mass is 19.1. The van der Waals surface area contributed by atoms with Crippen LogP contribution in [0.3, 0.4) is 0 Å². The number of anilines is 1. The Kier molecular flexibility index (Phi) is 8.74. The minimum atomic E-state index is -0.421. The van der Waals surface area contributed by atoms with Crippen molar-refractivity contribution in [2.24, 2.45) is 5.92 Å². The van der Waals surface area contributed by atoms with Gasteiger partial charge in [0.25, 0.3) is 0 Å². The van der Waals surface area contributed by atoms with Gasteiger partial charge in [-0.1, -0.05) is 20.8 Å². The zero-order valence-corrected chi connectivity index (χ0v) is 12.4. The second-order valence-corrected chi connectivity index (χ2v) is 4.09. The molecular formula is C13H24FN3O3. The molecule has 6 nitrogen and oxygen atoms in total. The number of aromatic nitrogens is 2. The smallest absolute Gasteiger partial charge is 0.351 e. The second kappa shape index (κ2) is 9.44. The molecule has 7 heteroatoms. The van der Waals surface area contributed by atoms with Crippen molar-refractivity contribution < 1.29 is 14.2 Å². The Bertz CT molecular complexity index is 439. The molecule has 0 aromatic carbocycles. The Morgan fingerprint density at radius 2 is 2.15 bits per heavy atom. The second-order valence-electron chi connectivity index (χ2n) is 4.09. The predicted octanol–water partition coefficient (Wildman–Crippen LogP) is 1.35. The maximum Gasteiger partial charge on any atom is 0.351 e. The molecule has 0 bridgehead atoms. The van der Waals surface area contributed by atoms with Gasteiger partial charge in [0.15, 0.2) is 0 Å². The zero-order chi connectivity index (χ0) is 15.7. The summed E-state index contributed by atoms with van der Waals surface area (Å²) < 4.78 is 16.5. The fourth-order valence-corrected chi connectivity index (χ4v) is 1.99. The lowest BCUT2D eigenvalue weighted by Gasteiger charge is -2.17. The van der Waals surface area contributed by atoms with Gasteiger partial charge in [0.1, 0.15) is 12.0 Å². The minimum absolute atomic E-state index is 0.0298. The van der Waals surface area contributed by atoms with E-state index in [4.69, 9.17) is 15.6 Å². The molecule has 20 heavy (non-hydrogen) atoms. The summed E-state index contributed by atoms with van der Waals surface area (Å²) in [6.07, 6.45) is 1.74. The van der Waals surface area contributed by atoms with Crippen LogP contribution in [0.25, 0.3) is 0 Å². The summed E-state index contributed by atoms with van der Waals surface area (Å²) >= 11 is 0. The van der Waals surface area contributed by atoms with Gasteiger partial charge in [-0.05, 0) is 12.5 Å². The van der Waals surface area contributed by atoms with E-state index in [0.717, 1.165) is 6.42 Å². The van der Waals surface area contributed by atoms with Crippen molar-refractivity contribution in [2.45, 2.75) is 39.5 Å². The lowest BCUT2D eigenvalue weighted by Crippen LogP contribution is -2.29. The van der Waals surface area contributed by atoms with Crippen LogP contribution in [0.2, 0.25) is 0 Å². The number of hydrogen-bond acceptors (Lipinski definition) is 5. The van der Waals surface area contributed by atoms with Crippen LogP contribution in [0, 0.1) is 5.92 Å². The summed E-state index contributed by atoms with van der Waals surface area (Å²) in [5.74, 6) is 0.367. The van der Waals surface area contributed by atoms with Crippen molar-refractivity contribution >= 4 is 5.82 Å². The molecule has 3 atom stereocenters. The number of alkyl halides is 1. The van der Waals surface area contributed by atoms with Gasteiger partial charge in [-0.3, -0.25) is 8.96 Å². The van der Waals surface area contributed by atoms with E-state index in [1.807, 2.05) is 20.8 Å². The van der Waals surface area contributed by atoms with Crippen molar-refractivity contribution in [1.82, 2.24) is 9.55 Å². The average molecular weight is 289 g/mol. The van der Waals surface area contributed by atoms with Crippen LogP contribution >= 0.6 is 0 Å². The first kappa shape index (κ1) is 18.5. The highest BCUT2D eigenvalue weighted by molar-refractivity contribution is 5.23. The molecule has 1 aromatic heterocycles. The molecule has 0 aliphatic carbocycles. The van der Waals surface area contributed by atoms with Crippen molar-refractivity contribution in [2.75, 3.05) is 19.5 Å². The Morgan fingerprint density at radius 3 is 2.60 bits per heavy atom. The number of nitrogen functional groups attached to an aromatic ring is 1. The fourth-order valence-electron chi connectivity index (χ4n) is 1.99. The molecular weight excluding hydrogens is 265 g/mol. The van der Waals surface area contributed by atoms with Crippen LogP contribution < -0.4 is 11.4 Å². The summed E-state index contributed by atoms with van der Waals surface area (Å²) in [4.78, 5) is 15.2. The largest absolute Gasteiger partial charge is 0.394 e. The van der Waals surface area contributed by atoms with Gasteiger partial charge in [-0.25, -0.2) is 4.79 Å². The Balaban J connectivity index is 0.000000829. The summed E-state index contributed by atoms with van der Waals surface area (Å²) in [7, 11) is 0.500. The van der Waals surface area contributed by atoms with E-state index in [0.29, 0.717) is 7.18 Å². The average Bonchev–Trinajstić information content (AvgIpc) is 2.84. The summed E-state index contributed by atoms with van der Waals surface area (Å²) in [5.41, 5.74) is 4.99. The molecule has 0 radical (unpaired) electrons. The first-order chi connectivity index (χ1) is 9.61. The van der Waals surface area contributed by atoms with E-state index in [2.05, 4.69) is 4.98 Å². The zero-order valence-electron chi connectivity index (χ0n) is 12.4. The monoisotopic (exact) mass is 289 g/mol. The number of nitrogens with zero attached hydrogens (tertiary/aromatic N) is 2. The molecule has 1 saturated heterocycles. The van der Waals surface area contributed by atoms with Gasteiger partial charge >= 0.3 is 5.69 Å². The molecule has 0 spiro atoms. The molecule has 2 rings (SSSR count). The van der Waals surface area contributed by atoms with Gasteiger partial charge in [0.2, 0.25) is 0 Å². The number of rotatable bonds is 2. The molecule has 0 amide bonds. The molecule has 1 aromatic rings. The van der Waals surface area contributed by atoms with Gasteiger partial charge in [0, 0.05) is 12.1 Å². The number of hydrogen-bond donors (Lipinski definition) is 2. The van der Waals surface area contributed by atoms with E-state index in [1.165, 1.54) is 4.57 Å². The first-order valence-electron chi connectivity index (χ1n) is 6.60. The SMILES string of the molecule is CC.CC1CC(CO)OC1n1ccc(N)nc1=O.CF. The number of aliphatic hydroxyl groups is 1. The number of halogens is 1. The summed E-state index contributed by atoms with van der Waals surface area (Å²) in [6, 6.07) is 1.56. The number of nitrogens with two attached hydrogens (primary N) is 1. The van der Waals surface area contributed by atoms with E-state index in [1.54, 1.807) is 12.3 Å². The third-order valence-electron chi connectivity index (χ3n) is 2.78. The van der Waals surface area contributed by atoms with Crippen LogP contribution in [0.5, 0.6) is 0 Å². The topological polar surface area (TPSA) is 90.4 Å². The van der Waals surface area contributed by atoms with Crippen molar-refractivity contribution in [1.29, 1.82) is 0 Å². The van der Waals surface area contributed by atoms with E-state index >= 15 is 0 Å². The van der Waals surface area contributed by atoms with Gasteiger partial charge in [-0.15, -0.1) is 0 Å². The molecule has 116 valence electrons. The van der Waals surface area contributed by atoms with E-state index < -0.39 is 5.69 Å². The molecule has 1 aliphatic rings. The van der Waals surface area contributed by atoms with Gasteiger partial charge < -0.3 is 15.6 Å². The van der Waals surface area contributed by atoms with Crippen LogP contribution in [-0.2, 0) is 4.74 Å². The third kappa shape index (κ3) is 4.57. The molecule has 2 heterocycles. The van der Waals surface area contributed by atoms with Crippen LogP contribution in [0.1, 0.15) is 33.4 Å². The minimum Gasteiger partial charge on any atom is -0.394 e. The number of aliphatic hydroxyl groups excluding tert-OH is 1. The molecule has 1 fully saturated rings. The maximum absolute atomic E-state index is 11.6. The van der Waals surface area contributed by atoms with Gasteiger partial charge in [-0.2, -0.15) is 4.98 Å². The quantitative estimate of drug-likeness (QED) is 0.857. The molecule has 1 aliphatic heterocycles. The van der Waals surface area contributed by atoms with Crippen molar-refractivity contribution in [3.05, 3.63) is 22.7 Å². The standard InChI is InChI=1S/C10H15N3O3.C2H6.CH3F/c1-6-4-7(5-14)16-9(6)13-3-2-8(11)12-10(13)15;2*1-2/h2-3,6-7,9,14H,4-5H2,1H3,(H2,11,12,15);1-2H3;1H3. The summed E-state index contributed by atoms with van der Waals surface area (Å²) in [5, 5.41) is 9.01. The first-order valence-corrected chi connectivity index (χ1v) is 6.60. The van der Waals surface area contributed by atoms with Crippen LogP contribution in [-0.4, -0.2) is 34.5 Å². The number of ether oxygens (including phenoxy) is 1. The van der Waals surface area contributed by atoms with Crippen molar-refractivity contribution in [3.8, 4) is 0 Å².